The Morgan fingerprint density at radius 1 is 1.48 bits per heavy atom. The van der Waals surface area contributed by atoms with Gasteiger partial charge in [-0.25, -0.2) is 9.50 Å². The molecular formula is C15H22N4O2. The molecule has 2 heterocycles. The summed E-state index contributed by atoms with van der Waals surface area (Å²) in [6, 6.07) is 2.06. The van der Waals surface area contributed by atoms with Crippen LogP contribution in [0.1, 0.15) is 46.2 Å². The van der Waals surface area contributed by atoms with Crippen molar-refractivity contribution in [2.24, 2.45) is 0 Å². The van der Waals surface area contributed by atoms with Crippen LogP contribution in [-0.4, -0.2) is 31.7 Å². The van der Waals surface area contributed by atoms with E-state index in [1.54, 1.807) is 10.7 Å². The van der Waals surface area contributed by atoms with Gasteiger partial charge in [-0.05, 0) is 19.4 Å². The molecule has 6 heteroatoms. The number of carboxylic acid groups (broad SMARTS) is 1. The standard InChI is InChI=1S/C15H22N4O2/c1-10(5-6-13(20)21)17-14-11-9-12(15(2,3)4)18-19(11)8-7-16-14/h7-10H,5-6H2,1-4H3,(H,16,17)(H,20,21). The number of nitrogens with zero attached hydrogens (tertiary/aromatic N) is 3. The van der Waals surface area contributed by atoms with E-state index in [1.807, 2.05) is 19.2 Å². The number of hydrogen-bond acceptors (Lipinski definition) is 4. The highest BCUT2D eigenvalue weighted by atomic mass is 16.4. The maximum Gasteiger partial charge on any atom is 0.303 e. The average molecular weight is 290 g/mol. The van der Waals surface area contributed by atoms with Gasteiger partial charge in [-0.1, -0.05) is 20.8 Å². The first kappa shape index (κ1) is 15.3. The molecule has 2 N–H and O–H groups in total. The summed E-state index contributed by atoms with van der Waals surface area (Å²) in [4.78, 5) is 15.0. The maximum atomic E-state index is 10.6. The fourth-order valence-corrected chi connectivity index (χ4v) is 2.05. The highest BCUT2D eigenvalue weighted by molar-refractivity contribution is 5.69. The third-order valence-electron chi connectivity index (χ3n) is 3.33. The van der Waals surface area contributed by atoms with E-state index in [9.17, 15) is 4.79 Å². The molecule has 0 bridgehead atoms. The summed E-state index contributed by atoms with van der Waals surface area (Å²) in [5.41, 5.74) is 1.87. The predicted octanol–water partition coefficient (Wildman–Crippen LogP) is 2.69. The maximum absolute atomic E-state index is 10.6. The number of rotatable bonds is 5. The van der Waals surface area contributed by atoms with Crippen LogP contribution in [0, 0.1) is 0 Å². The van der Waals surface area contributed by atoms with Gasteiger partial charge >= 0.3 is 5.97 Å². The minimum absolute atomic E-state index is 0.0296. The number of aliphatic carboxylic acids is 1. The minimum atomic E-state index is -0.783. The number of carbonyl (C=O) groups is 1. The molecule has 0 aromatic carbocycles. The molecule has 6 nitrogen and oxygen atoms in total. The molecule has 1 atom stereocenters. The fraction of sp³-hybridized carbons (Fsp3) is 0.533. The lowest BCUT2D eigenvalue weighted by Crippen LogP contribution is -2.18. The second-order valence-corrected chi connectivity index (χ2v) is 6.36. The highest BCUT2D eigenvalue weighted by Crippen LogP contribution is 2.25. The Hall–Kier alpha value is -2.11. The van der Waals surface area contributed by atoms with Crippen molar-refractivity contribution in [3.63, 3.8) is 0 Å². The van der Waals surface area contributed by atoms with Crippen molar-refractivity contribution < 1.29 is 9.90 Å². The molecular weight excluding hydrogens is 268 g/mol. The molecule has 2 aromatic rings. The summed E-state index contributed by atoms with van der Waals surface area (Å²) in [6.45, 7) is 8.30. The van der Waals surface area contributed by atoms with Crippen molar-refractivity contribution in [3.8, 4) is 0 Å². The smallest absolute Gasteiger partial charge is 0.303 e. The molecule has 0 aliphatic heterocycles. The molecule has 2 rings (SSSR count). The highest BCUT2D eigenvalue weighted by Gasteiger charge is 2.19. The monoisotopic (exact) mass is 290 g/mol. The van der Waals surface area contributed by atoms with E-state index < -0.39 is 5.97 Å². The van der Waals surface area contributed by atoms with E-state index in [2.05, 4.69) is 36.2 Å². The largest absolute Gasteiger partial charge is 0.481 e. The van der Waals surface area contributed by atoms with E-state index in [4.69, 9.17) is 5.11 Å². The molecule has 0 aliphatic rings. The van der Waals surface area contributed by atoms with Gasteiger partial charge in [0.25, 0.3) is 0 Å². The summed E-state index contributed by atoms with van der Waals surface area (Å²) in [5, 5.41) is 16.6. The number of aromatic nitrogens is 3. The molecule has 21 heavy (non-hydrogen) atoms. The van der Waals surface area contributed by atoms with Crippen LogP contribution >= 0.6 is 0 Å². The van der Waals surface area contributed by atoms with E-state index in [0.717, 1.165) is 17.0 Å². The normalized spacial score (nSPS) is 13.3. The van der Waals surface area contributed by atoms with Crippen LogP contribution in [-0.2, 0) is 10.2 Å². The van der Waals surface area contributed by atoms with Crippen LogP contribution in [0.3, 0.4) is 0 Å². The van der Waals surface area contributed by atoms with Crippen molar-refractivity contribution in [1.82, 2.24) is 14.6 Å². The first-order valence-corrected chi connectivity index (χ1v) is 7.10. The quantitative estimate of drug-likeness (QED) is 0.885. The van der Waals surface area contributed by atoms with E-state index in [0.29, 0.717) is 6.42 Å². The lowest BCUT2D eigenvalue weighted by atomic mass is 9.92. The van der Waals surface area contributed by atoms with Crippen LogP contribution in [0.2, 0.25) is 0 Å². The Balaban J connectivity index is 2.24. The third-order valence-corrected chi connectivity index (χ3v) is 3.33. The Bertz CT molecular complexity index is 643. The Morgan fingerprint density at radius 2 is 2.19 bits per heavy atom. The minimum Gasteiger partial charge on any atom is -0.481 e. The second kappa shape index (κ2) is 5.71. The molecule has 0 saturated carbocycles. The molecule has 1 unspecified atom stereocenters. The van der Waals surface area contributed by atoms with Gasteiger partial charge in [-0.2, -0.15) is 5.10 Å². The van der Waals surface area contributed by atoms with E-state index in [-0.39, 0.29) is 17.9 Å². The molecule has 0 amide bonds. The third kappa shape index (κ3) is 3.71. The molecule has 2 aromatic heterocycles. The Morgan fingerprint density at radius 3 is 2.81 bits per heavy atom. The number of hydrogen-bond donors (Lipinski definition) is 2. The van der Waals surface area contributed by atoms with Crippen LogP contribution in [0.15, 0.2) is 18.5 Å². The summed E-state index contributed by atoms with van der Waals surface area (Å²) < 4.78 is 1.81. The summed E-state index contributed by atoms with van der Waals surface area (Å²) in [6.07, 6.45) is 4.21. The van der Waals surface area contributed by atoms with E-state index in [1.165, 1.54) is 0 Å². The van der Waals surface area contributed by atoms with Crippen LogP contribution in [0.4, 0.5) is 5.82 Å². The van der Waals surface area contributed by atoms with Gasteiger partial charge in [0.05, 0.1) is 5.69 Å². The first-order valence-electron chi connectivity index (χ1n) is 7.10. The van der Waals surface area contributed by atoms with Gasteiger partial charge < -0.3 is 10.4 Å². The van der Waals surface area contributed by atoms with Crippen molar-refractivity contribution in [1.29, 1.82) is 0 Å². The predicted molar refractivity (Wildman–Crippen MR) is 81.6 cm³/mol. The summed E-state index contributed by atoms with van der Waals surface area (Å²) in [5.74, 6) is -0.0485. The van der Waals surface area contributed by atoms with Crippen molar-refractivity contribution in [2.75, 3.05) is 5.32 Å². The average Bonchev–Trinajstić information content (AvgIpc) is 2.81. The number of fused-ring (bicyclic) bond motifs is 1. The van der Waals surface area contributed by atoms with Crippen molar-refractivity contribution in [3.05, 3.63) is 24.2 Å². The molecule has 0 radical (unpaired) electrons. The molecule has 114 valence electrons. The molecule has 0 fully saturated rings. The molecule has 0 spiro atoms. The zero-order chi connectivity index (χ0) is 15.6. The van der Waals surface area contributed by atoms with Crippen LogP contribution < -0.4 is 5.32 Å². The lowest BCUT2D eigenvalue weighted by Gasteiger charge is -2.14. The van der Waals surface area contributed by atoms with Gasteiger partial charge in [-0.3, -0.25) is 4.79 Å². The fourth-order valence-electron chi connectivity index (χ4n) is 2.05. The van der Waals surface area contributed by atoms with Gasteiger partial charge in [-0.15, -0.1) is 0 Å². The molecule has 0 saturated heterocycles. The molecule has 0 aliphatic carbocycles. The van der Waals surface area contributed by atoms with Gasteiger partial charge in [0.2, 0.25) is 0 Å². The first-order chi connectivity index (χ1) is 9.77. The number of carboxylic acids is 1. The topological polar surface area (TPSA) is 79.5 Å². The summed E-state index contributed by atoms with van der Waals surface area (Å²) in [7, 11) is 0. The zero-order valence-corrected chi connectivity index (χ0v) is 12.9. The second-order valence-electron chi connectivity index (χ2n) is 6.36. The van der Waals surface area contributed by atoms with Gasteiger partial charge in [0, 0.05) is 30.3 Å². The number of anilines is 1. The zero-order valence-electron chi connectivity index (χ0n) is 12.9. The van der Waals surface area contributed by atoms with Crippen molar-refractivity contribution >= 4 is 17.3 Å². The van der Waals surface area contributed by atoms with E-state index >= 15 is 0 Å². The Kier molecular flexibility index (Phi) is 4.16. The SMILES string of the molecule is CC(CCC(=O)O)Nc1nccn2nc(C(C)(C)C)cc12. The number of nitrogens with one attached hydrogen (secondary N) is 1. The Labute approximate surface area is 124 Å². The van der Waals surface area contributed by atoms with Crippen LogP contribution in [0.25, 0.3) is 5.52 Å². The summed E-state index contributed by atoms with van der Waals surface area (Å²) >= 11 is 0. The van der Waals surface area contributed by atoms with Gasteiger partial charge in [0.15, 0.2) is 5.82 Å². The van der Waals surface area contributed by atoms with Gasteiger partial charge in [0.1, 0.15) is 5.52 Å². The van der Waals surface area contributed by atoms with Crippen molar-refractivity contribution in [2.45, 2.75) is 52.0 Å². The lowest BCUT2D eigenvalue weighted by molar-refractivity contribution is -0.137. The van der Waals surface area contributed by atoms with Crippen LogP contribution in [0.5, 0.6) is 0 Å².